The number of carbonyl (C=O) groups is 1. The summed E-state index contributed by atoms with van der Waals surface area (Å²) in [7, 11) is 1.53. The second-order valence-electron chi connectivity index (χ2n) is 3.54. The summed E-state index contributed by atoms with van der Waals surface area (Å²) in [6, 6.07) is -0.348. The Morgan fingerprint density at radius 3 is 2.71 bits per heavy atom. The van der Waals surface area contributed by atoms with Crippen molar-refractivity contribution in [2.24, 2.45) is 0 Å². The van der Waals surface area contributed by atoms with Crippen LogP contribution >= 0.6 is 0 Å². The molecule has 14 heavy (non-hydrogen) atoms. The van der Waals surface area contributed by atoms with Crippen LogP contribution in [-0.2, 0) is 14.3 Å². The molecule has 1 amide bonds. The van der Waals surface area contributed by atoms with Gasteiger partial charge in [0.2, 0.25) is 5.91 Å². The molecule has 0 aliphatic carbocycles. The molecule has 0 aromatic rings. The Balaban J connectivity index is 2.55. The molecule has 1 unspecified atom stereocenters. The van der Waals surface area contributed by atoms with Crippen molar-refractivity contribution in [1.82, 2.24) is 5.32 Å². The first-order chi connectivity index (χ1) is 6.54. The van der Waals surface area contributed by atoms with Crippen molar-refractivity contribution in [1.29, 1.82) is 0 Å². The minimum Gasteiger partial charge on any atom is -0.391 e. The van der Waals surface area contributed by atoms with Crippen LogP contribution in [0.15, 0.2) is 0 Å². The zero-order valence-corrected chi connectivity index (χ0v) is 8.69. The number of aliphatic hydroxyl groups excluding tert-OH is 1. The standard InChI is InChI=1S/C9H17NO4/c1-5-9(10-6(2)11)7(12)4-8(13-3)14-5/h5,7-9,12H,4H2,1-3H3,(H,10,11)/t5-,7+,8?,9+/m1/s1. The summed E-state index contributed by atoms with van der Waals surface area (Å²) in [6.07, 6.45) is -0.864. The molecular weight excluding hydrogens is 186 g/mol. The molecule has 5 heteroatoms. The van der Waals surface area contributed by atoms with Crippen LogP contribution in [0.1, 0.15) is 20.3 Å². The number of methoxy groups -OCH3 is 1. The van der Waals surface area contributed by atoms with Gasteiger partial charge in [0.15, 0.2) is 6.29 Å². The van der Waals surface area contributed by atoms with Crippen molar-refractivity contribution in [3.05, 3.63) is 0 Å². The predicted octanol–water partition coefficient (Wildman–Crippen LogP) is -0.367. The van der Waals surface area contributed by atoms with Crippen molar-refractivity contribution in [3.63, 3.8) is 0 Å². The molecule has 1 fully saturated rings. The van der Waals surface area contributed by atoms with E-state index in [1.54, 1.807) is 6.92 Å². The Labute approximate surface area is 83.4 Å². The highest BCUT2D eigenvalue weighted by Crippen LogP contribution is 2.20. The highest BCUT2D eigenvalue weighted by atomic mass is 16.7. The van der Waals surface area contributed by atoms with Crippen molar-refractivity contribution >= 4 is 5.91 Å². The van der Waals surface area contributed by atoms with Gasteiger partial charge in [0.1, 0.15) is 0 Å². The molecule has 5 nitrogen and oxygen atoms in total. The minimum absolute atomic E-state index is 0.166. The van der Waals surface area contributed by atoms with Gasteiger partial charge in [0.05, 0.1) is 18.2 Å². The van der Waals surface area contributed by atoms with Gasteiger partial charge in [-0.2, -0.15) is 0 Å². The lowest BCUT2D eigenvalue weighted by molar-refractivity contribution is -0.210. The van der Waals surface area contributed by atoms with Gasteiger partial charge in [-0.1, -0.05) is 0 Å². The number of aliphatic hydroxyl groups is 1. The van der Waals surface area contributed by atoms with Crippen LogP contribution in [0.4, 0.5) is 0 Å². The van der Waals surface area contributed by atoms with Crippen molar-refractivity contribution < 1.29 is 19.4 Å². The third-order valence-corrected chi connectivity index (χ3v) is 2.35. The second-order valence-corrected chi connectivity index (χ2v) is 3.54. The van der Waals surface area contributed by atoms with Crippen LogP contribution in [0, 0.1) is 0 Å². The average molecular weight is 203 g/mol. The Hall–Kier alpha value is -0.650. The van der Waals surface area contributed by atoms with E-state index in [1.165, 1.54) is 14.0 Å². The summed E-state index contributed by atoms with van der Waals surface area (Å²) >= 11 is 0. The van der Waals surface area contributed by atoms with Gasteiger partial charge in [0, 0.05) is 20.5 Å². The SMILES string of the molecule is COC1C[C@H](O)[C@@H](NC(C)=O)[C@@H](C)O1. The molecule has 82 valence electrons. The fraction of sp³-hybridized carbons (Fsp3) is 0.889. The van der Waals surface area contributed by atoms with E-state index in [0.29, 0.717) is 6.42 Å². The fourth-order valence-electron chi connectivity index (χ4n) is 1.64. The zero-order chi connectivity index (χ0) is 10.7. The van der Waals surface area contributed by atoms with E-state index in [1.807, 2.05) is 0 Å². The topological polar surface area (TPSA) is 67.8 Å². The first-order valence-electron chi connectivity index (χ1n) is 4.68. The Kier molecular flexibility index (Phi) is 3.86. The number of rotatable bonds is 2. The number of hydrogen-bond donors (Lipinski definition) is 2. The molecule has 1 aliphatic heterocycles. The lowest BCUT2D eigenvalue weighted by Gasteiger charge is -2.37. The van der Waals surface area contributed by atoms with Crippen molar-refractivity contribution in [2.45, 2.75) is 44.8 Å². The summed E-state index contributed by atoms with van der Waals surface area (Å²) in [4.78, 5) is 10.8. The molecule has 1 saturated heterocycles. The van der Waals surface area contributed by atoms with Crippen molar-refractivity contribution in [3.8, 4) is 0 Å². The molecule has 4 atom stereocenters. The molecule has 0 bridgehead atoms. The van der Waals surface area contributed by atoms with Gasteiger partial charge in [-0.15, -0.1) is 0 Å². The molecule has 0 aromatic carbocycles. The first-order valence-corrected chi connectivity index (χ1v) is 4.68. The first kappa shape index (κ1) is 11.4. The van der Waals surface area contributed by atoms with E-state index < -0.39 is 6.10 Å². The summed E-state index contributed by atoms with van der Waals surface area (Å²) in [6.45, 7) is 3.22. The van der Waals surface area contributed by atoms with Crippen LogP contribution < -0.4 is 5.32 Å². The smallest absolute Gasteiger partial charge is 0.217 e. The van der Waals surface area contributed by atoms with Gasteiger partial charge >= 0.3 is 0 Å². The van der Waals surface area contributed by atoms with Crippen LogP contribution in [0.3, 0.4) is 0 Å². The van der Waals surface area contributed by atoms with Gasteiger partial charge in [-0.3, -0.25) is 4.79 Å². The molecular formula is C9H17NO4. The normalized spacial score (nSPS) is 38.0. The summed E-state index contributed by atoms with van der Waals surface area (Å²) in [5, 5.41) is 12.4. The fourth-order valence-corrected chi connectivity index (χ4v) is 1.64. The molecule has 1 aliphatic rings. The minimum atomic E-state index is -0.618. The maximum absolute atomic E-state index is 10.8. The van der Waals surface area contributed by atoms with E-state index >= 15 is 0 Å². The Morgan fingerprint density at radius 2 is 2.29 bits per heavy atom. The van der Waals surface area contributed by atoms with Gasteiger partial charge in [-0.05, 0) is 6.92 Å². The quantitative estimate of drug-likeness (QED) is 0.642. The lowest BCUT2D eigenvalue weighted by Crippen LogP contribution is -2.55. The second kappa shape index (κ2) is 4.72. The number of ether oxygens (including phenoxy) is 2. The molecule has 0 spiro atoms. The number of hydrogen-bond acceptors (Lipinski definition) is 4. The molecule has 2 N–H and O–H groups in total. The molecule has 0 radical (unpaired) electrons. The third kappa shape index (κ3) is 2.67. The molecule has 1 rings (SSSR count). The van der Waals surface area contributed by atoms with Crippen LogP contribution in [-0.4, -0.2) is 42.7 Å². The van der Waals surface area contributed by atoms with Gasteiger partial charge in [0.25, 0.3) is 0 Å². The Bertz CT molecular complexity index is 197. The molecule has 1 heterocycles. The lowest BCUT2D eigenvalue weighted by atomic mass is 9.99. The van der Waals surface area contributed by atoms with Crippen LogP contribution in [0.25, 0.3) is 0 Å². The number of nitrogens with one attached hydrogen (secondary N) is 1. The van der Waals surface area contributed by atoms with E-state index in [-0.39, 0.29) is 24.3 Å². The van der Waals surface area contributed by atoms with Crippen LogP contribution in [0.2, 0.25) is 0 Å². The summed E-state index contributed by atoms with van der Waals surface area (Å²) in [5.41, 5.74) is 0. The van der Waals surface area contributed by atoms with E-state index in [9.17, 15) is 9.90 Å². The summed E-state index contributed by atoms with van der Waals surface area (Å²) < 4.78 is 10.4. The highest BCUT2D eigenvalue weighted by Gasteiger charge is 2.35. The van der Waals surface area contributed by atoms with E-state index in [0.717, 1.165) is 0 Å². The largest absolute Gasteiger partial charge is 0.391 e. The predicted molar refractivity (Wildman–Crippen MR) is 49.6 cm³/mol. The maximum Gasteiger partial charge on any atom is 0.217 e. The zero-order valence-electron chi connectivity index (χ0n) is 8.69. The molecule has 0 aromatic heterocycles. The third-order valence-electron chi connectivity index (χ3n) is 2.35. The number of amides is 1. The maximum atomic E-state index is 10.8. The number of carbonyl (C=O) groups excluding carboxylic acids is 1. The highest BCUT2D eigenvalue weighted by molar-refractivity contribution is 5.73. The summed E-state index contributed by atoms with van der Waals surface area (Å²) in [5.74, 6) is -0.166. The van der Waals surface area contributed by atoms with Gasteiger partial charge < -0.3 is 19.9 Å². The molecule has 0 saturated carbocycles. The van der Waals surface area contributed by atoms with E-state index in [2.05, 4.69) is 5.32 Å². The van der Waals surface area contributed by atoms with Crippen LogP contribution in [0.5, 0.6) is 0 Å². The van der Waals surface area contributed by atoms with Crippen molar-refractivity contribution in [2.75, 3.05) is 7.11 Å². The average Bonchev–Trinajstić information content (AvgIpc) is 2.10. The Morgan fingerprint density at radius 1 is 1.64 bits per heavy atom. The van der Waals surface area contributed by atoms with Gasteiger partial charge in [-0.25, -0.2) is 0 Å². The monoisotopic (exact) mass is 203 g/mol. The van der Waals surface area contributed by atoms with E-state index in [4.69, 9.17) is 9.47 Å².